The van der Waals surface area contributed by atoms with E-state index in [2.05, 4.69) is 55.8 Å². The largest absolute Gasteiger partial charge is 0.314 e. The molecule has 1 aromatic rings. The van der Waals surface area contributed by atoms with Crippen LogP contribution in [0.4, 0.5) is 0 Å². The van der Waals surface area contributed by atoms with Gasteiger partial charge in [0.05, 0.1) is 5.69 Å². The second-order valence-electron chi connectivity index (χ2n) is 5.05. The maximum absolute atomic E-state index is 4.63. The minimum atomic E-state index is 0.562. The van der Waals surface area contributed by atoms with E-state index in [0.29, 0.717) is 12.0 Å². The van der Waals surface area contributed by atoms with Crippen LogP contribution in [0.25, 0.3) is 0 Å². The fraction of sp³-hybridized carbons (Fsp3) is 0.800. The van der Waals surface area contributed by atoms with Crippen LogP contribution in [0.15, 0.2) is 6.07 Å². The van der Waals surface area contributed by atoms with Gasteiger partial charge in [-0.3, -0.25) is 4.68 Å². The Morgan fingerprint density at radius 1 is 1.28 bits per heavy atom. The second kappa shape index (κ2) is 7.57. The number of rotatable bonds is 8. The van der Waals surface area contributed by atoms with Crippen molar-refractivity contribution in [2.45, 2.75) is 66.5 Å². The molecule has 1 heterocycles. The van der Waals surface area contributed by atoms with Crippen LogP contribution in [-0.2, 0) is 19.4 Å². The lowest BCUT2D eigenvalue weighted by atomic mass is 9.95. The molecule has 2 unspecified atom stereocenters. The van der Waals surface area contributed by atoms with Gasteiger partial charge in [-0.15, -0.1) is 0 Å². The van der Waals surface area contributed by atoms with Crippen molar-refractivity contribution in [1.29, 1.82) is 0 Å². The zero-order valence-corrected chi connectivity index (χ0v) is 12.7. The van der Waals surface area contributed by atoms with Crippen LogP contribution in [-0.4, -0.2) is 22.4 Å². The Balaban J connectivity index is 2.81. The summed E-state index contributed by atoms with van der Waals surface area (Å²) < 4.78 is 2.16. The van der Waals surface area contributed by atoms with Gasteiger partial charge in [-0.25, -0.2) is 0 Å². The Morgan fingerprint density at radius 3 is 2.50 bits per heavy atom. The number of hydrogen-bond acceptors (Lipinski definition) is 2. The second-order valence-corrected chi connectivity index (χ2v) is 5.05. The van der Waals surface area contributed by atoms with Gasteiger partial charge >= 0.3 is 0 Å². The molecule has 3 heteroatoms. The Kier molecular flexibility index (Phi) is 6.41. The van der Waals surface area contributed by atoms with Gasteiger partial charge in [0.25, 0.3) is 0 Å². The standard InChI is InChI=1S/C15H29N3/c1-6-12(5)15(16-8-3)11-14-10-13(7-2)17-18(14)9-4/h10,12,15-16H,6-9,11H2,1-5H3. The maximum atomic E-state index is 4.63. The predicted octanol–water partition coefficient (Wildman–Crippen LogP) is 3.03. The van der Waals surface area contributed by atoms with E-state index in [0.717, 1.165) is 25.9 Å². The molecule has 0 amide bonds. The molecule has 0 aliphatic rings. The van der Waals surface area contributed by atoms with Gasteiger partial charge in [-0.05, 0) is 31.9 Å². The molecule has 0 aromatic carbocycles. The first kappa shape index (κ1) is 15.2. The third kappa shape index (κ3) is 3.84. The Bertz CT molecular complexity index is 344. The number of likely N-dealkylation sites (N-methyl/N-ethyl adjacent to an activating group) is 1. The molecule has 0 bridgehead atoms. The monoisotopic (exact) mass is 251 g/mol. The first-order valence-electron chi connectivity index (χ1n) is 7.45. The van der Waals surface area contributed by atoms with Crippen molar-refractivity contribution in [2.24, 2.45) is 5.92 Å². The van der Waals surface area contributed by atoms with Crippen LogP contribution in [0.1, 0.15) is 52.4 Å². The van der Waals surface area contributed by atoms with E-state index in [1.165, 1.54) is 17.8 Å². The van der Waals surface area contributed by atoms with Gasteiger partial charge in [-0.1, -0.05) is 34.1 Å². The van der Waals surface area contributed by atoms with E-state index in [1.54, 1.807) is 0 Å². The first-order valence-corrected chi connectivity index (χ1v) is 7.45. The highest BCUT2D eigenvalue weighted by atomic mass is 15.3. The topological polar surface area (TPSA) is 29.9 Å². The highest BCUT2D eigenvalue weighted by Gasteiger charge is 2.17. The average molecular weight is 251 g/mol. The van der Waals surface area contributed by atoms with E-state index in [9.17, 15) is 0 Å². The van der Waals surface area contributed by atoms with Crippen LogP contribution in [0.3, 0.4) is 0 Å². The van der Waals surface area contributed by atoms with Crippen LogP contribution in [0, 0.1) is 5.92 Å². The molecule has 1 rings (SSSR count). The molecule has 2 atom stereocenters. The van der Waals surface area contributed by atoms with Crippen molar-refractivity contribution in [3.63, 3.8) is 0 Å². The van der Waals surface area contributed by atoms with Crippen molar-refractivity contribution < 1.29 is 0 Å². The summed E-state index contributed by atoms with van der Waals surface area (Å²) in [5.41, 5.74) is 2.59. The van der Waals surface area contributed by atoms with E-state index in [1.807, 2.05) is 0 Å². The normalized spacial score (nSPS) is 14.7. The summed E-state index contributed by atoms with van der Waals surface area (Å²) in [5.74, 6) is 0.704. The van der Waals surface area contributed by atoms with E-state index in [-0.39, 0.29) is 0 Å². The summed E-state index contributed by atoms with van der Waals surface area (Å²) >= 11 is 0. The fourth-order valence-electron chi connectivity index (χ4n) is 2.37. The van der Waals surface area contributed by atoms with E-state index >= 15 is 0 Å². The number of aromatic nitrogens is 2. The molecule has 0 aliphatic heterocycles. The van der Waals surface area contributed by atoms with Gasteiger partial charge in [0, 0.05) is 24.7 Å². The average Bonchev–Trinajstić information content (AvgIpc) is 2.79. The quantitative estimate of drug-likeness (QED) is 0.769. The smallest absolute Gasteiger partial charge is 0.0624 e. The van der Waals surface area contributed by atoms with Gasteiger partial charge in [-0.2, -0.15) is 5.10 Å². The van der Waals surface area contributed by atoms with Crippen LogP contribution in [0.2, 0.25) is 0 Å². The summed E-state index contributed by atoms with van der Waals surface area (Å²) in [6.07, 6.45) is 3.33. The van der Waals surface area contributed by atoms with Gasteiger partial charge in [0.1, 0.15) is 0 Å². The first-order chi connectivity index (χ1) is 8.65. The molecule has 0 radical (unpaired) electrons. The SMILES string of the molecule is CCNC(Cc1cc(CC)nn1CC)C(C)CC. The lowest BCUT2D eigenvalue weighted by molar-refractivity contribution is 0.363. The lowest BCUT2D eigenvalue weighted by Gasteiger charge is -2.24. The number of hydrogen-bond donors (Lipinski definition) is 1. The molecular formula is C15H29N3. The zero-order valence-electron chi connectivity index (χ0n) is 12.7. The lowest BCUT2D eigenvalue weighted by Crippen LogP contribution is -2.37. The van der Waals surface area contributed by atoms with E-state index in [4.69, 9.17) is 0 Å². The Hall–Kier alpha value is -0.830. The molecule has 3 nitrogen and oxygen atoms in total. The zero-order chi connectivity index (χ0) is 13.5. The molecular weight excluding hydrogens is 222 g/mol. The summed E-state index contributed by atoms with van der Waals surface area (Å²) in [7, 11) is 0. The van der Waals surface area contributed by atoms with Crippen molar-refractivity contribution >= 4 is 0 Å². The van der Waals surface area contributed by atoms with Gasteiger partial charge in [0.15, 0.2) is 0 Å². The molecule has 1 N–H and O–H groups in total. The molecule has 0 fully saturated rings. The van der Waals surface area contributed by atoms with Crippen molar-refractivity contribution in [3.8, 4) is 0 Å². The van der Waals surface area contributed by atoms with Crippen molar-refractivity contribution in [3.05, 3.63) is 17.5 Å². The summed E-state index contributed by atoms with van der Waals surface area (Å²) in [4.78, 5) is 0. The molecule has 0 spiro atoms. The highest BCUT2D eigenvalue weighted by Crippen LogP contribution is 2.15. The van der Waals surface area contributed by atoms with Crippen LogP contribution < -0.4 is 5.32 Å². The molecule has 1 aromatic heterocycles. The fourth-order valence-corrected chi connectivity index (χ4v) is 2.37. The summed E-state index contributed by atoms with van der Waals surface area (Å²) in [6, 6.07) is 2.84. The van der Waals surface area contributed by atoms with Crippen molar-refractivity contribution in [1.82, 2.24) is 15.1 Å². The van der Waals surface area contributed by atoms with Crippen LogP contribution in [0.5, 0.6) is 0 Å². The predicted molar refractivity (Wildman–Crippen MR) is 77.9 cm³/mol. The molecule has 0 saturated carbocycles. The third-order valence-corrected chi connectivity index (χ3v) is 3.80. The third-order valence-electron chi connectivity index (χ3n) is 3.80. The molecule has 18 heavy (non-hydrogen) atoms. The van der Waals surface area contributed by atoms with Crippen molar-refractivity contribution in [2.75, 3.05) is 6.54 Å². The highest BCUT2D eigenvalue weighted by molar-refractivity contribution is 5.12. The molecule has 104 valence electrons. The Morgan fingerprint density at radius 2 is 2.00 bits per heavy atom. The summed E-state index contributed by atoms with van der Waals surface area (Å²) in [6.45, 7) is 13.1. The summed E-state index contributed by atoms with van der Waals surface area (Å²) in [5, 5.41) is 8.25. The Labute approximate surface area is 112 Å². The number of nitrogens with zero attached hydrogens (tertiary/aromatic N) is 2. The van der Waals surface area contributed by atoms with E-state index < -0.39 is 0 Å². The number of nitrogens with one attached hydrogen (secondary N) is 1. The minimum absolute atomic E-state index is 0.562. The van der Waals surface area contributed by atoms with Crippen LogP contribution >= 0.6 is 0 Å². The van der Waals surface area contributed by atoms with Gasteiger partial charge < -0.3 is 5.32 Å². The number of aryl methyl sites for hydroxylation is 2. The molecule has 0 aliphatic carbocycles. The van der Waals surface area contributed by atoms with Gasteiger partial charge in [0.2, 0.25) is 0 Å². The molecule has 0 saturated heterocycles. The minimum Gasteiger partial charge on any atom is -0.314 e. The maximum Gasteiger partial charge on any atom is 0.0624 e.